The van der Waals surface area contributed by atoms with Crippen LogP contribution in [0.2, 0.25) is 0 Å². The van der Waals surface area contributed by atoms with Crippen LogP contribution in [-0.2, 0) is 11.3 Å². The van der Waals surface area contributed by atoms with Crippen LogP contribution in [-0.4, -0.2) is 45.7 Å². The summed E-state index contributed by atoms with van der Waals surface area (Å²) in [5, 5.41) is 12.9. The highest BCUT2D eigenvalue weighted by Crippen LogP contribution is 1.94. The zero-order chi connectivity index (χ0) is 9.65. The standard InChI is InChI=1S/C5H14NO.H3NO2S/c1-5(7)6(2,3)4;1-4(2)3/h5,7H,1-4H3;1H2,(H,2,3)/q+1;/p-1. The van der Waals surface area contributed by atoms with Crippen molar-refractivity contribution in [3.8, 4) is 0 Å². The monoisotopic (exact) mass is 184 g/mol. The van der Waals surface area contributed by atoms with E-state index >= 15 is 0 Å². The lowest BCUT2D eigenvalue weighted by Gasteiger charge is -2.26. The van der Waals surface area contributed by atoms with Crippen LogP contribution in [0, 0.1) is 0 Å². The Morgan fingerprint density at radius 3 is 1.64 bits per heavy atom. The topological polar surface area (TPSA) is 86.4 Å². The zero-order valence-corrected chi connectivity index (χ0v) is 8.09. The lowest BCUT2D eigenvalue weighted by molar-refractivity contribution is -0.916. The first-order chi connectivity index (χ1) is 4.68. The lowest BCUT2D eigenvalue weighted by Crippen LogP contribution is -2.42. The Kier molecular flexibility index (Phi) is 6.93. The zero-order valence-electron chi connectivity index (χ0n) is 7.27. The van der Waals surface area contributed by atoms with Gasteiger partial charge in [0, 0.05) is 18.2 Å². The van der Waals surface area contributed by atoms with Gasteiger partial charge in [-0.25, -0.2) is 0 Å². The molecule has 2 atom stereocenters. The molecule has 0 aliphatic heterocycles. The van der Waals surface area contributed by atoms with E-state index in [2.05, 4.69) is 5.14 Å². The average Bonchev–Trinajstić information content (AvgIpc) is 1.59. The van der Waals surface area contributed by atoms with E-state index in [0.29, 0.717) is 4.48 Å². The first-order valence-electron chi connectivity index (χ1n) is 3.00. The summed E-state index contributed by atoms with van der Waals surface area (Å²) in [5.74, 6) is 0. The molecule has 5 nitrogen and oxygen atoms in total. The van der Waals surface area contributed by atoms with Gasteiger partial charge in [0.1, 0.15) is 0 Å². The predicted octanol–water partition coefficient (Wildman–Crippen LogP) is -1.23. The Bertz CT molecular complexity index is 117. The van der Waals surface area contributed by atoms with E-state index in [1.165, 1.54) is 0 Å². The summed E-state index contributed by atoms with van der Waals surface area (Å²) in [6.45, 7) is 1.78. The highest BCUT2D eigenvalue weighted by molar-refractivity contribution is 7.76. The smallest absolute Gasteiger partial charge is 0.187 e. The molecule has 0 radical (unpaired) electrons. The summed E-state index contributed by atoms with van der Waals surface area (Å²) in [4.78, 5) is 0. The van der Waals surface area contributed by atoms with Crippen molar-refractivity contribution in [3.05, 3.63) is 0 Å². The van der Waals surface area contributed by atoms with Crippen LogP contribution in [0.3, 0.4) is 0 Å². The summed E-state index contributed by atoms with van der Waals surface area (Å²) < 4.78 is 18.2. The SMILES string of the molecule is CC(O)[N+](C)(C)C.NS(=O)[O-]. The summed E-state index contributed by atoms with van der Waals surface area (Å²) in [7, 11) is 5.85. The van der Waals surface area contributed by atoms with E-state index < -0.39 is 11.3 Å². The van der Waals surface area contributed by atoms with E-state index in [0.717, 1.165) is 0 Å². The van der Waals surface area contributed by atoms with Gasteiger partial charge >= 0.3 is 0 Å². The van der Waals surface area contributed by atoms with Gasteiger partial charge in [-0.15, -0.1) is 0 Å². The predicted molar refractivity (Wildman–Crippen MR) is 42.8 cm³/mol. The number of hydrogen-bond donors (Lipinski definition) is 2. The molecule has 0 bridgehead atoms. The molecular weight excluding hydrogens is 168 g/mol. The van der Waals surface area contributed by atoms with Gasteiger partial charge in [0.15, 0.2) is 6.23 Å². The Balaban J connectivity index is 0. The Labute approximate surface area is 69.8 Å². The molecule has 0 aliphatic rings. The van der Waals surface area contributed by atoms with Crippen molar-refractivity contribution >= 4 is 11.3 Å². The summed E-state index contributed by atoms with van der Waals surface area (Å²) in [6.07, 6.45) is -0.264. The minimum absolute atomic E-state index is 0.264. The number of rotatable bonds is 1. The molecule has 0 spiro atoms. The number of aliphatic hydroxyl groups excluding tert-OH is 1. The fourth-order valence-corrected chi connectivity index (χ4v) is 0. The van der Waals surface area contributed by atoms with Gasteiger partial charge in [-0.1, -0.05) is 0 Å². The van der Waals surface area contributed by atoms with Crippen molar-refractivity contribution in [1.29, 1.82) is 0 Å². The van der Waals surface area contributed by atoms with Gasteiger partial charge < -0.3 is 14.1 Å². The second-order valence-corrected chi connectivity index (χ2v) is 3.53. The molecule has 0 aromatic carbocycles. The average molecular weight is 184 g/mol. The van der Waals surface area contributed by atoms with E-state index in [4.69, 9.17) is 13.9 Å². The molecule has 0 rings (SSSR count). The first-order valence-corrected chi connectivity index (χ1v) is 4.14. The van der Waals surface area contributed by atoms with E-state index in [1.54, 1.807) is 6.92 Å². The molecule has 2 unspecified atom stereocenters. The van der Waals surface area contributed by atoms with Crippen LogP contribution in [0.25, 0.3) is 0 Å². The normalized spacial score (nSPS) is 16.3. The quantitative estimate of drug-likeness (QED) is 0.304. The molecule has 70 valence electrons. The summed E-state index contributed by atoms with van der Waals surface area (Å²) >= 11 is -2.36. The highest BCUT2D eigenvalue weighted by atomic mass is 32.2. The number of nitrogens with zero attached hydrogens (tertiary/aromatic N) is 1. The Morgan fingerprint density at radius 1 is 1.55 bits per heavy atom. The van der Waals surface area contributed by atoms with Crippen molar-refractivity contribution in [2.24, 2.45) is 5.14 Å². The van der Waals surface area contributed by atoms with Gasteiger partial charge in [-0.3, -0.25) is 9.35 Å². The van der Waals surface area contributed by atoms with Crippen molar-refractivity contribution in [1.82, 2.24) is 0 Å². The van der Waals surface area contributed by atoms with Crippen LogP contribution in [0.5, 0.6) is 0 Å². The molecule has 6 heteroatoms. The lowest BCUT2D eigenvalue weighted by atomic mass is 10.5. The van der Waals surface area contributed by atoms with Crippen molar-refractivity contribution < 1.29 is 18.4 Å². The van der Waals surface area contributed by atoms with Gasteiger partial charge in [-0.05, 0) is 0 Å². The molecule has 0 fully saturated rings. The molecule has 0 saturated heterocycles. The largest absolute Gasteiger partial charge is 0.760 e. The van der Waals surface area contributed by atoms with Crippen LogP contribution in [0.15, 0.2) is 0 Å². The summed E-state index contributed by atoms with van der Waals surface area (Å²) in [6, 6.07) is 0. The molecule has 0 amide bonds. The van der Waals surface area contributed by atoms with Gasteiger partial charge in [0.2, 0.25) is 0 Å². The Morgan fingerprint density at radius 2 is 1.64 bits per heavy atom. The van der Waals surface area contributed by atoms with Gasteiger partial charge in [0.25, 0.3) is 0 Å². The highest BCUT2D eigenvalue weighted by Gasteiger charge is 2.12. The maximum atomic E-state index is 8.86. The maximum Gasteiger partial charge on any atom is 0.187 e. The number of aliphatic hydroxyl groups is 1. The molecule has 0 saturated carbocycles. The van der Waals surface area contributed by atoms with E-state index in [1.807, 2.05) is 21.1 Å². The van der Waals surface area contributed by atoms with Crippen LogP contribution in [0.4, 0.5) is 0 Å². The molecule has 0 aromatic rings. The van der Waals surface area contributed by atoms with Crippen molar-refractivity contribution in [2.75, 3.05) is 21.1 Å². The third kappa shape index (κ3) is 17.8. The molecular formula is C5H16N2O3S. The fourth-order valence-electron chi connectivity index (χ4n) is 0. The van der Waals surface area contributed by atoms with E-state index in [-0.39, 0.29) is 6.23 Å². The maximum absolute atomic E-state index is 8.86. The Hall–Kier alpha value is -0.0100. The number of hydrogen-bond acceptors (Lipinski definition) is 3. The molecule has 11 heavy (non-hydrogen) atoms. The fraction of sp³-hybridized carbons (Fsp3) is 1.00. The van der Waals surface area contributed by atoms with Gasteiger partial charge in [0.05, 0.1) is 21.1 Å². The second-order valence-electron chi connectivity index (χ2n) is 3.01. The summed E-state index contributed by atoms with van der Waals surface area (Å²) in [5.41, 5.74) is 0. The third-order valence-electron chi connectivity index (χ3n) is 1.12. The molecule has 0 heterocycles. The number of quaternary nitrogens is 1. The minimum Gasteiger partial charge on any atom is -0.760 e. The van der Waals surface area contributed by atoms with Crippen molar-refractivity contribution in [3.63, 3.8) is 0 Å². The molecule has 3 N–H and O–H groups in total. The number of nitrogens with two attached hydrogens (primary N) is 1. The van der Waals surface area contributed by atoms with Gasteiger partial charge in [-0.2, -0.15) is 0 Å². The van der Waals surface area contributed by atoms with Crippen molar-refractivity contribution in [2.45, 2.75) is 13.2 Å². The molecule has 0 aliphatic carbocycles. The minimum atomic E-state index is -2.36. The third-order valence-corrected chi connectivity index (χ3v) is 1.12. The first kappa shape index (κ1) is 13.6. The van der Waals surface area contributed by atoms with Crippen LogP contribution >= 0.6 is 0 Å². The van der Waals surface area contributed by atoms with Crippen LogP contribution in [0.1, 0.15) is 6.92 Å². The van der Waals surface area contributed by atoms with E-state index in [9.17, 15) is 0 Å². The van der Waals surface area contributed by atoms with Crippen LogP contribution < -0.4 is 5.14 Å². The second kappa shape index (κ2) is 5.62. The molecule has 0 aromatic heterocycles.